The molecular weight excluding hydrogens is 220 g/mol. The predicted molar refractivity (Wildman–Crippen MR) is 68.5 cm³/mol. The SMILES string of the molecule is CCC(N)c1ccc(SC(C)C(C)O)cn1. The molecule has 0 bridgehead atoms. The van der Waals surface area contributed by atoms with Gasteiger partial charge in [0.05, 0.1) is 11.8 Å². The van der Waals surface area contributed by atoms with E-state index in [4.69, 9.17) is 5.73 Å². The largest absolute Gasteiger partial charge is 0.392 e. The van der Waals surface area contributed by atoms with Crippen LogP contribution in [0.4, 0.5) is 0 Å². The highest BCUT2D eigenvalue weighted by atomic mass is 32.2. The lowest BCUT2D eigenvalue weighted by Crippen LogP contribution is -2.15. The number of thioether (sulfide) groups is 1. The summed E-state index contributed by atoms with van der Waals surface area (Å²) in [5, 5.41) is 9.58. The van der Waals surface area contributed by atoms with Crippen LogP contribution >= 0.6 is 11.8 Å². The van der Waals surface area contributed by atoms with E-state index in [0.29, 0.717) is 0 Å². The summed E-state index contributed by atoms with van der Waals surface area (Å²) in [6, 6.07) is 4.00. The molecule has 0 amide bonds. The van der Waals surface area contributed by atoms with Gasteiger partial charge in [0.2, 0.25) is 0 Å². The van der Waals surface area contributed by atoms with Crippen LogP contribution in [0.5, 0.6) is 0 Å². The van der Waals surface area contributed by atoms with E-state index in [9.17, 15) is 5.11 Å². The smallest absolute Gasteiger partial charge is 0.0631 e. The molecule has 3 atom stereocenters. The Bertz CT molecular complexity index is 313. The Morgan fingerprint density at radius 3 is 2.56 bits per heavy atom. The van der Waals surface area contributed by atoms with Crippen LogP contribution < -0.4 is 5.73 Å². The van der Waals surface area contributed by atoms with E-state index in [2.05, 4.69) is 4.98 Å². The average Bonchev–Trinajstić information content (AvgIpc) is 2.28. The molecule has 3 unspecified atom stereocenters. The molecule has 0 aliphatic carbocycles. The highest BCUT2D eigenvalue weighted by Gasteiger charge is 2.11. The summed E-state index contributed by atoms with van der Waals surface area (Å²) in [5.41, 5.74) is 6.81. The standard InChI is InChI=1S/C12H20N2OS/c1-4-11(13)12-6-5-10(7-14-12)16-9(3)8(2)15/h5-9,11,15H,4,13H2,1-3H3. The van der Waals surface area contributed by atoms with Crippen LogP contribution in [0.25, 0.3) is 0 Å². The van der Waals surface area contributed by atoms with Gasteiger partial charge in [-0.05, 0) is 25.5 Å². The lowest BCUT2D eigenvalue weighted by Gasteiger charge is -2.14. The van der Waals surface area contributed by atoms with Crippen LogP contribution in [0, 0.1) is 0 Å². The summed E-state index contributed by atoms with van der Waals surface area (Å²) >= 11 is 1.63. The summed E-state index contributed by atoms with van der Waals surface area (Å²) in [7, 11) is 0. The Labute approximate surface area is 101 Å². The summed E-state index contributed by atoms with van der Waals surface area (Å²) < 4.78 is 0. The predicted octanol–water partition coefficient (Wildman–Crippen LogP) is 2.35. The van der Waals surface area contributed by atoms with E-state index in [1.54, 1.807) is 18.7 Å². The first-order chi connectivity index (χ1) is 7.54. The van der Waals surface area contributed by atoms with Crippen LogP contribution in [0.2, 0.25) is 0 Å². The second kappa shape index (κ2) is 6.23. The number of aromatic nitrogens is 1. The number of pyridine rings is 1. The maximum absolute atomic E-state index is 9.40. The molecule has 0 saturated heterocycles. The van der Waals surface area contributed by atoms with Crippen molar-refractivity contribution in [2.75, 3.05) is 0 Å². The third-order valence-electron chi connectivity index (χ3n) is 2.58. The van der Waals surface area contributed by atoms with Gasteiger partial charge in [-0.3, -0.25) is 4.98 Å². The van der Waals surface area contributed by atoms with E-state index in [-0.39, 0.29) is 17.4 Å². The van der Waals surface area contributed by atoms with Crippen molar-refractivity contribution >= 4 is 11.8 Å². The normalized spacial score (nSPS) is 16.8. The van der Waals surface area contributed by atoms with Gasteiger partial charge >= 0.3 is 0 Å². The van der Waals surface area contributed by atoms with Gasteiger partial charge in [0.1, 0.15) is 0 Å². The Morgan fingerprint density at radius 2 is 2.12 bits per heavy atom. The van der Waals surface area contributed by atoms with Crippen LogP contribution in [-0.4, -0.2) is 21.4 Å². The van der Waals surface area contributed by atoms with Crippen LogP contribution in [0.1, 0.15) is 38.9 Å². The maximum atomic E-state index is 9.40. The lowest BCUT2D eigenvalue weighted by atomic mass is 10.1. The molecule has 0 radical (unpaired) electrons. The topological polar surface area (TPSA) is 59.1 Å². The van der Waals surface area contributed by atoms with Gasteiger partial charge in [-0.1, -0.05) is 13.8 Å². The highest BCUT2D eigenvalue weighted by molar-refractivity contribution is 8.00. The minimum Gasteiger partial charge on any atom is -0.392 e. The lowest BCUT2D eigenvalue weighted by molar-refractivity contribution is 0.196. The molecule has 0 aliphatic rings. The number of hydrogen-bond donors (Lipinski definition) is 2. The van der Waals surface area contributed by atoms with Crippen molar-refractivity contribution in [1.82, 2.24) is 4.98 Å². The van der Waals surface area contributed by atoms with Gasteiger partial charge in [0.25, 0.3) is 0 Å². The van der Waals surface area contributed by atoms with Crippen molar-refractivity contribution in [2.45, 2.75) is 49.5 Å². The van der Waals surface area contributed by atoms with E-state index < -0.39 is 0 Å². The molecule has 3 nitrogen and oxygen atoms in total. The molecule has 4 heteroatoms. The van der Waals surface area contributed by atoms with Crippen LogP contribution in [0.3, 0.4) is 0 Å². The second-order valence-electron chi connectivity index (χ2n) is 4.00. The molecule has 0 spiro atoms. The molecule has 0 fully saturated rings. The summed E-state index contributed by atoms with van der Waals surface area (Å²) in [6.07, 6.45) is 2.40. The van der Waals surface area contributed by atoms with E-state index in [0.717, 1.165) is 17.0 Å². The molecule has 1 aromatic heterocycles. The first-order valence-corrected chi connectivity index (χ1v) is 6.48. The summed E-state index contributed by atoms with van der Waals surface area (Å²) in [4.78, 5) is 5.40. The van der Waals surface area contributed by atoms with E-state index >= 15 is 0 Å². The fourth-order valence-electron chi connectivity index (χ4n) is 1.20. The zero-order chi connectivity index (χ0) is 12.1. The molecule has 16 heavy (non-hydrogen) atoms. The van der Waals surface area contributed by atoms with Crippen molar-refractivity contribution in [3.8, 4) is 0 Å². The van der Waals surface area contributed by atoms with Crippen molar-refractivity contribution in [3.63, 3.8) is 0 Å². The molecule has 1 aromatic rings. The average molecular weight is 240 g/mol. The first-order valence-electron chi connectivity index (χ1n) is 5.60. The Kier molecular flexibility index (Phi) is 5.25. The molecule has 3 N–H and O–H groups in total. The third-order valence-corrected chi connectivity index (χ3v) is 3.86. The van der Waals surface area contributed by atoms with Gasteiger partial charge in [0.15, 0.2) is 0 Å². The summed E-state index contributed by atoms with van der Waals surface area (Å²) in [6.45, 7) is 5.85. The van der Waals surface area contributed by atoms with Crippen molar-refractivity contribution in [2.24, 2.45) is 5.73 Å². The van der Waals surface area contributed by atoms with Crippen molar-refractivity contribution < 1.29 is 5.11 Å². The summed E-state index contributed by atoms with van der Waals surface area (Å²) in [5.74, 6) is 0. The Morgan fingerprint density at radius 1 is 1.44 bits per heavy atom. The van der Waals surface area contributed by atoms with E-state index in [1.807, 2.05) is 32.2 Å². The number of nitrogens with two attached hydrogens (primary N) is 1. The molecule has 0 aliphatic heterocycles. The Balaban J connectivity index is 2.64. The minimum atomic E-state index is -0.317. The first kappa shape index (κ1) is 13.5. The molecule has 0 saturated carbocycles. The van der Waals surface area contributed by atoms with Gasteiger partial charge in [-0.25, -0.2) is 0 Å². The van der Waals surface area contributed by atoms with Crippen molar-refractivity contribution in [1.29, 1.82) is 0 Å². The number of nitrogens with zero attached hydrogens (tertiary/aromatic N) is 1. The number of aliphatic hydroxyl groups excluding tert-OH is 1. The van der Waals surface area contributed by atoms with Crippen LogP contribution in [0.15, 0.2) is 23.2 Å². The fourth-order valence-corrected chi connectivity index (χ4v) is 2.09. The third kappa shape index (κ3) is 3.77. The second-order valence-corrected chi connectivity index (χ2v) is 5.45. The fraction of sp³-hybridized carbons (Fsp3) is 0.583. The van der Waals surface area contributed by atoms with Gasteiger partial charge < -0.3 is 10.8 Å². The minimum absolute atomic E-state index is 0.0215. The molecular formula is C12H20N2OS. The van der Waals surface area contributed by atoms with E-state index in [1.165, 1.54) is 0 Å². The van der Waals surface area contributed by atoms with Gasteiger partial charge in [0, 0.05) is 22.4 Å². The van der Waals surface area contributed by atoms with Gasteiger partial charge in [-0.2, -0.15) is 0 Å². The highest BCUT2D eigenvalue weighted by Crippen LogP contribution is 2.25. The van der Waals surface area contributed by atoms with Crippen LogP contribution in [-0.2, 0) is 0 Å². The Hall–Kier alpha value is -0.580. The number of rotatable bonds is 5. The molecule has 90 valence electrons. The molecule has 1 heterocycles. The number of hydrogen-bond acceptors (Lipinski definition) is 4. The zero-order valence-electron chi connectivity index (χ0n) is 10.1. The quantitative estimate of drug-likeness (QED) is 0.776. The van der Waals surface area contributed by atoms with Crippen molar-refractivity contribution in [3.05, 3.63) is 24.0 Å². The number of aliphatic hydroxyl groups is 1. The maximum Gasteiger partial charge on any atom is 0.0631 e. The molecule has 1 rings (SSSR count). The monoisotopic (exact) mass is 240 g/mol. The van der Waals surface area contributed by atoms with Gasteiger partial charge in [-0.15, -0.1) is 11.8 Å². The zero-order valence-corrected chi connectivity index (χ0v) is 10.9. The molecule has 0 aromatic carbocycles.